The molecule has 0 radical (unpaired) electrons. The number of nitrogens with zero attached hydrogens (tertiary/aromatic N) is 4. The van der Waals surface area contributed by atoms with Crippen molar-refractivity contribution in [2.24, 2.45) is 0 Å². The van der Waals surface area contributed by atoms with Gasteiger partial charge in [0.1, 0.15) is 40.2 Å². The van der Waals surface area contributed by atoms with Crippen LogP contribution in [0.15, 0.2) is 56.2 Å². The highest BCUT2D eigenvalue weighted by Gasteiger charge is 2.22. The molecule has 0 atom stereocenters. The second kappa shape index (κ2) is 9.21. The van der Waals surface area contributed by atoms with Gasteiger partial charge in [0.15, 0.2) is 5.52 Å². The summed E-state index contributed by atoms with van der Waals surface area (Å²) in [6.45, 7) is 3.62. The minimum absolute atomic E-state index is 0.0810. The van der Waals surface area contributed by atoms with Crippen LogP contribution in [0.4, 0.5) is 0 Å². The standard InChI is InChI=1S/C26H24N4O6/c1-14-20(27-25(35-14)19-11-10-18(33-4)12-21(19)34-5)13-30-26(31)24-22(15(2)36-29-24)23(28-30)16-6-8-17(32-3)9-7-16/h6-12H,13H2,1-5H3. The summed E-state index contributed by atoms with van der Waals surface area (Å²) in [4.78, 5) is 17.9. The van der Waals surface area contributed by atoms with E-state index < -0.39 is 0 Å². The lowest BCUT2D eigenvalue weighted by Crippen LogP contribution is -2.25. The van der Waals surface area contributed by atoms with Crippen molar-refractivity contribution in [3.63, 3.8) is 0 Å². The Morgan fingerprint density at radius 3 is 2.33 bits per heavy atom. The first-order chi connectivity index (χ1) is 17.4. The van der Waals surface area contributed by atoms with Gasteiger partial charge in [-0.2, -0.15) is 5.10 Å². The molecular weight excluding hydrogens is 464 g/mol. The molecule has 2 aromatic carbocycles. The van der Waals surface area contributed by atoms with E-state index in [0.717, 1.165) is 5.56 Å². The molecule has 3 aromatic heterocycles. The average molecular weight is 489 g/mol. The van der Waals surface area contributed by atoms with Gasteiger partial charge >= 0.3 is 0 Å². The number of fused-ring (bicyclic) bond motifs is 1. The zero-order valence-electron chi connectivity index (χ0n) is 20.5. The van der Waals surface area contributed by atoms with Crippen LogP contribution in [0.1, 0.15) is 17.2 Å². The van der Waals surface area contributed by atoms with Crippen LogP contribution in [0.3, 0.4) is 0 Å². The highest BCUT2D eigenvalue weighted by molar-refractivity contribution is 5.93. The Bertz CT molecular complexity index is 1610. The summed E-state index contributed by atoms with van der Waals surface area (Å²) >= 11 is 0. The molecule has 10 nitrogen and oxygen atoms in total. The minimum Gasteiger partial charge on any atom is -0.497 e. The third-order valence-electron chi connectivity index (χ3n) is 5.95. The maximum atomic E-state index is 13.3. The predicted octanol–water partition coefficient (Wildman–Crippen LogP) is 4.40. The van der Waals surface area contributed by atoms with E-state index in [4.69, 9.17) is 23.2 Å². The van der Waals surface area contributed by atoms with Crippen LogP contribution in [0, 0.1) is 13.8 Å². The lowest BCUT2D eigenvalue weighted by Gasteiger charge is -2.09. The molecule has 0 fully saturated rings. The van der Waals surface area contributed by atoms with Crippen molar-refractivity contribution in [3.05, 3.63) is 70.0 Å². The number of ether oxygens (including phenoxy) is 3. The van der Waals surface area contributed by atoms with Crippen molar-refractivity contribution in [1.29, 1.82) is 0 Å². The maximum absolute atomic E-state index is 13.3. The molecule has 0 unspecified atom stereocenters. The number of aryl methyl sites for hydroxylation is 2. The summed E-state index contributed by atoms with van der Waals surface area (Å²) in [6, 6.07) is 12.8. The van der Waals surface area contributed by atoms with E-state index in [1.807, 2.05) is 30.3 Å². The monoisotopic (exact) mass is 488 g/mol. The second-order valence-corrected chi connectivity index (χ2v) is 8.09. The van der Waals surface area contributed by atoms with Gasteiger partial charge in [0.2, 0.25) is 5.89 Å². The topological polar surface area (TPSA) is 115 Å². The summed E-state index contributed by atoms with van der Waals surface area (Å²) in [6.07, 6.45) is 0. The van der Waals surface area contributed by atoms with Crippen molar-refractivity contribution >= 4 is 10.9 Å². The average Bonchev–Trinajstić information content (AvgIpc) is 3.47. The number of hydrogen-bond donors (Lipinski definition) is 0. The van der Waals surface area contributed by atoms with Crippen LogP contribution < -0.4 is 19.8 Å². The van der Waals surface area contributed by atoms with Gasteiger partial charge in [-0.05, 0) is 50.2 Å². The fraction of sp³-hybridized carbons (Fsp3) is 0.231. The Balaban J connectivity index is 1.59. The highest BCUT2D eigenvalue weighted by atomic mass is 16.5. The molecule has 0 N–H and O–H groups in total. The number of benzene rings is 2. The molecule has 0 aliphatic carbocycles. The first kappa shape index (κ1) is 23.2. The molecule has 0 aliphatic heterocycles. The van der Waals surface area contributed by atoms with Crippen LogP contribution in [-0.2, 0) is 6.54 Å². The van der Waals surface area contributed by atoms with E-state index in [9.17, 15) is 4.79 Å². The van der Waals surface area contributed by atoms with E-state index in [1.165, 1.54) is 4.68 Å². The van der Waals surface area contributed by atoms with Gasteiger partial charge in [0.05, 0.1) is 38.8 Å². The second-order valence-electron chi connectivity index (χ2n) is 8.09. The van der Waals surface area contributed by atoms with Crippen molar-refractivity contribution < 1.29 is 23.2 Å². The van der Waals surface area contributed by atoms with Crippen molar-refractivity contribution in [2.75, 3.05) is 21.3 Å². The predicted molar refractivity (Wildman–Crippen MR) is 132 cm³/mol. The number of methoxy groups -OCH3 is 3. The molecule has 0 bridgehead atoms. The molecule has 3 heterocycles. The Hall–Kier alpha value is -4.60. The molecule has 0 saturated heterocycles. The Morgan fingerprint density at radius 1 is 0.917 bits per heavy atom. The summed E-state index contributed by atoms with van der Waals surface area (Å²) in [5.74, 6) is 3.35. The molecule has 184 valence electrons. The molecule has 5 rings (SSSR count). The summed E-state index contributed by atoms with van der Waals surface area (Å²) in [5.41, 5.74) is 2.40. The molecule has 36 heavy (non-hydrogen) atoms. The molecule has 10 heteroatoms. The lowest BCUT2D eigenvalue weighted by molar-refractivity contribution is 0.394. The molecule has 0 aliphatic rings. The Kier molecular flexibility index (Phi) is 5.93. The number of oxazole rings is 1. The van der Waals surface area contributed by atoms with Crippen LogP contribution in [0.25, 0.3) is 33.6 Å². The van der Waals surface area contributed by atoms with Gasteiger partial charge in [0, 0.05) is 11.6 Å². The van der Waals surface area contributed by atoms with Gasteiger partial charge in [-0.3, -0.25) is 4.79 Å². The molecular formula is C26H24N4O6. The largest absolute Gasteiger partial charge is 0.497 e. The quantitative estimate of drug-likeness (QED) is 0.329. The summed E-state index contributed by atoms with van der Waals surface area (Å²) < 4.78 is 28.6. The fourth-order valence-corrected chi connectivity index (χ4v) is 4.00. The molecule has 5 aromatic rings. The van der Waals surface area contributed by atoms with Gasteiger partial charge in [-0.15, -0.1) is 0 Å². The van der Waals surface area contributed by atoms with Gasteiger partial charge in [0.25, 0.3) is 5.56 Å². The zero-order valence-corrected chi connectivity index (χ0v) is 20.5. The Labute approximate surface area is 206 Å². The summed E-state index contributed by atoms with van der Waals surface area (Å²) in [7, 11) is 4.75. The van der Waals surface area contributed by atoms with E-state index in [-0.39, 0.29) is 17.6 Å². The first-order valence-electron chi connectivity index (χ1n) is 11.1. The van der Waals surface area contributed by atoms with E-state index in [2.05, 4.69) is 15.2 Å². The van der Waals surface area contributed by atoms with Gasteiger partial charge < -0.3 is 23.2 Å². The smallest absolute Gasteiger partial charge is 0.297 e. The van der Waals surface area contributed by atoms with Crippen LogP contribution >= 0.6 is 0 Å². The number of hydrogen-bond acceptors (Lipinski definition) is 9. The van der Waals surface area contributed by atoms with Crippen molar-refractivity contribution in [2.45, 2.75) is 20.4 Å². The minimum atomic E-state index is -0.384. The van der Waals surface area contributed by atoms with Crippen LogP contribution in [-0.4, -0.2) is 41.3 Å². The molecule has 0 amide bonds. The molecule has 0 spiro atoms. The van der Waals surface area contributed by atoms with Gasteiger partial charge in [-0.1, -0.05) is 5.16 Å². The summed E-state index contributed by atoms with van der Waals surface area (Å²) in [5, 5.41) is 9.25. The normalized spacial score (nSPS) is 11.1. The zero-order chi connectivity index (χ0) is 25.4. The number of rotatable bonds is 7. The van der Waals surface area contributed by atoms with E-state index >= 15 is 0 Å². The van der Waals surface area contributed by atoms with Crippen LogP contribution in [0.5, 0.6) is 17.2 Å². The van der Waals surface area contributed by atoms with E-state index in [1.54, 1.807) is 47.3 Å². The fourth-order valence-electron chi connectivity index (χ4n) is 4.00. The van der Waals surface area contributed by atoms with Crippen molar-refractivity contribution in [3.8, 4) is 40.0 Å². The lowest BCUT2D eigenvalue weighted by atomic mass is 10.1. The third kappa shape index (κ3) is 3.96. The number of aromatic nitrogens is 4. The van der Waals surface area contributed by atoms with E-state index in [0.29, 0.717) is 57.0 Å². The van der Waals surface area contributed by atoms with Gasteiger partial charge in [-0.25, -0.2) is 9.67 Å². The Morgan fingerprint density at radius 2 is 1.64 bits per heavy atom. The third-order valence-corrected chi connectivity index (χ3v) is 5.95. The SMILES string of the molecule is COc1ccc(-c2nn(Cc3nc(-c4ccc(OC)cc4OC)oc3C)c(=O)c3noc(C)c23)cc1. The van der Waals surface area contributed by atoms with Crippen molar-refractivity contribution in [1.82, 2.24) is 19.9 Å². The first-order valence-corrected chi connectivity index (χ1v) is 11.1. The highest BCUT2D eigenvalue weighted by Crippen LogP contribution is 2.34. The maximum Gasteiger partial charge on any atom is 0.297 e. The van der Waals surface area contributed by atoms with Crippen LogP contribution in [0.2, 0.25) is 0 Å². The molecule has 0 saturated carbocycles.